The standard InChI is InChI=1S/C27H24Cl3N3O3/c1-36-26-21(29)15-19(16-22(26)30)27(35)31-23-17-20(28)8-9-24(23)32-11-13-33(14-12-32)25(34)10-7-18-5-3-2-4-6-18/h2-10,15-17H,11-14H2,1H3,(H,31,35)/b10-7+. The zero-order valence-electron chi connectivity index (χ0n) is 19.5. The number of halogens is 3. The first kappa shape index (κ1) is 25.9. The lowest BCUT2D eigenvalue weighted by molar-refractivity contribution is -0.126. The van der Waals surface area contributed by atoms with E-state index < -0.39 is 0 Å². The minimum absolute atomic E-state index is 0.0311. The number of nitrogens with zero attached hydrogens (tertiary/aromatic N) is 2. The molecule has 0 aromatic heterocycles. The van der Waals surface area contributed by atoms with Gasteiger partial charge in [-0.15, -0.1) is 0 Å². The molecule has 3 aromatic carbocycles. The van der Waals surface area contributed by atoms with Crippen LogP contribution in [0.5, 0.6) is 5.75 Å². The highest BCUT2D eigenvalue weighted by Gasteiger charge is 2.23. The molecule has 0 unspecified atom stereocenters. The third-order valence-corrected chi connectivity index (χ3v) is 6.62. The van der Waals surface area contributed by atoms with Crippen LogP contribution < -0.4 is 15.0 Å². The van der Waals surface area contributed by atoms with Crippen LogP contribution in [0.2, 0.25) is 15.1 Å². The van der Waals surface area contributed by atoms with Crippen molar-refractivity contribution in [1.29, 1.82) is 0 Å². The van der Waals surface area contributed by atoms with E-state index >= 15 is 0 Å². The number of carbonyl (C=O) groups is 2. The van der Waals surface area contributed by atoms with Crippen molar-refractivity contribution in [3.05, 3.63) is 92.9 Å². The van der Waals surface area contributed by atoms with Crippen molar-refractivity contribution in [2.75, 3.05) is 43.5 Å². The normalized spacial score (nSPS) is 13.7. The van der Waals surface area contributed by atoms with E-state index in [4.69, 9.17) is 39.5 Å². The molecular weight excluding hydrogens is 521 g/mol. The molecule has 186 valence electrons. The van der Waals surface area contributed by atoms with Crippen molar-refractivity contribution in [2.45, 2.75) is 0 Å². The molecule has 2 amide bonds. The summed E-state index contributed by atoms with van der Waals surface area (Å²) < 4.78 is 5.15. The van der Waals surface area contributed by atoms with Crippen LogP contribution in [0.15, 0.2) is 66.7 Å². The maximum absolute atomic E-state index is 13.0. The third-order valence-electron chi connectivity index (χ3n) is 5.82. The molecule has 0 spiro atoms. The fraction of sp³-hybridized carbons (Fsp3) is 0.185. The Labute approximate surface area is 225 Å². The van der Waals surface area contributed by atoms with E-state index in [1.807, 2.05) is 47.4 Å². The Bertz CT molecular complexity index is 1270. The lowest BCUT2D eigenvalue weighted by Gasteiger charge is -2.36. The van der Waals surface area contributed by atoms with Gasteiger partial charge in [0, 0.05) is 42.8 Å². The lowest BCUT2D eigenvalue weighted by Crippen LogP contribution is -2.48. The molecule has 0 bridgehead atoms. The summed E-state index contributed by atoms with van der Waals surface area (Å²) >= 11 is 18.6. The second kappa shape index (κ2) is 11.7. The zero-order valence-corrected chi connectivity index (χ0v) is 21.8. The first-order valence-corrected chi connectivity index (χ1v) is 12.4. The van der Waals surface area contributed by atoms with Gasteiger partial charge in [0.1, 0.15) is 0 Å². The molecule has 1 N–H and O–H groups in total. The Morgan fingerprint density at radius 3 is 2.22 bits per heavy atom. The van der Waals surface area contributed by atoms with Crippen molar-refractivity contribution >= 4 is 64.1 Å². The number of hydrogen-bond donors (Lipinski definition) is 1. The van der Waals surface area contributed by atoms with Gasteiger partial charge in [-0.25, -0.2) is 0 Å². The molecule has 0 saturated carbocycles. The van der Waals surface area contributed by atoms with Crippen molar-refractivity contribution in [1.82, 2.24) is 4.90 Å². The van der Waals surface area contributed by atoms with E-state index in [9.17, 15) is 9.59 Å². The number of anilines is 2. The SMILES string of the molecule is COc1c(Cl)cc(C(=O)Nc2cc(Cl)ccc2N2CCN(C(=O)/C=C/c3ccccc3)CC2)cc1Cl. The fourth-order valence-corrected chi connectivity index (χ4v) is 4.78. The summed E-state index contributed by atoms with van der Waals surface area (Å²) in [6, 6.07) is 18.0. The number of piperazine rings is 1. The number of benzene rings is 3. The molecule has 1 aliphatic rings. The molecule has 4 rings (SSSR count). The summed E-state index contributed by atoms with van der Waals surface area (Å²) in [5.74, 6) is -0.106. The second-order valence-electron chi connectivity index (χ2n) is 8.15. The number of methoxy groups -OCH3 is 1. The number of hydrogen-bond acceptors (Lipinski definition) is 4. The maximum atomic E-state index is 13.0. The van der Waals surface area contributed by atoms with Crippen LogP contribution in [0.3, 0.4) is 0 Å². The van der Waals surface area contributed by atoms with Gasteiger partial charge in [0.05, 0.1) is 28.5 Å². The average molecular weight is 545 g/mol. The molecule has 3 aromatic rings. The minimum Gasteiger partial charge on any atom is -0.494 e. The Morgan fingerprint density at radius 2 is 1.58 bits per heavy atom. The van der Waals surface area contributed by atoms with Gasteiger partial charge in [-0.3, -0.25) is 9.59 Å². The molecule has 1 saturated heterocycles. The molecule has 1 fully saturated rings. The highest BCUT2D eigenvalue weighted by atomic mass is 35.5. The van der Waals surface area contributed by atoms with Crippen molar-refractivity contribution < 1.29 is 14.3 Å². The van der Waals surface area contributed by atoms with Crippen molar-refractivity contribution in [3.8, 4) is 5.75 Å². The number of ether oxygens (including phenoxy) is 1. The summed E-state index contributed by atoms with van der Waals surface area (Å²) in [4.78, 5) is 29.6. The van der Waals surface area contributed by atoms with E-state index in [-0.39, 0.29) is 27.4 Å². The van der Waals surface area contributed by atoms with Crippen LogP contribution in [0.25, 0.3) is 6.08 Å². The Balaban J connectivity index is 1.45. The Kier molecular flexibility index (Phi) is 8.41. The molecule has 0 radical (unpaired) electrons. The Hall–Kier alpha value is -3.19. The Morgan fingerprint density at radius 1 is 0.917 bits per heavy atom. The highest BCUT2D eigenvalue weighted by Crippen LogP contribution is 2.35. The smallest absolute Gasteiger partial charge is 0.255 e. The van der Waals surface area contributed by atoms with Gasteiger partial charge >= 0.3 is 0 Å². The summed E-state index contributed by atoms with van der Waals surface area (Å²) in [5.41, 5.74) is 2.63. The van der Waals surface area contributed by atoms with E-state index in [1.54, 1.807) is 18.2 Å². The number of nitrogens with one attached hydrogen (secondary N) is 1. The predicted octanol–water partition coefficient (Wildman–Crippen LogP) is 6.27. The topological polar surface area (TPSA) is 61.9 Å². The van der Waals surface area contributed by atoms with Crippen LogP contribution in [0.1, 0.15) is 15.9 Å². The number of rotatable bonds is 6. The second-order valence-corrected chi connectivity index (χ2v) is 9.40. The van der Waals surface area contributed by atoms with Gasteiger partial charge in [-0.05, 0) is 42.0 Å². The van der Waals surface area contributed by atoms with Crippen LogP contribution in [0.4, 0.5) is 11.4 Å². The largest absolute Gasteiger partial charge is 0.494 e. The summed E-state index contributed by atoms with van der Waals surface area (Å²) in [6.45, 7) is 2.32. The summed E-state index contributed by atoms with van der Waals surface area (Å²) in [5, 5.41) is 3.88. The highest BCUT2D eigenvalue weighted by molar-refractivity contribution is 6.38. The number of carbonyl (C=O) groups excluding carboxylic acids is 2. The maximum Gasteiger partial charge on any atom is 0.255 e. The van der Waals surface area contributed by atoms with E-state index in [1.165, 1.54) is 19.2 Å². The first-order valence-electron chi connectivity index (χ1n) is 11.3. The average Bonchev–Trinajstić information content (AvgIpc) is 2.88. The van der Waals surface area contributed by atoms with Gasteiger partial charge in [-0.1, -0.05) is 65.1 Å². The molecule has 0 atom stereocenters. The minimum atomic E-state index is -0.384. The molecule has 6 nitrogen and oxygen atoms in total. The first-order chi connectivity index (χ1) is 17.4. The summed E-state index contributed by atoms with van der Waals surface area (Å²) in [6.07, 6.45) is 3.42. The van der Waals surface area contributed by atoms with E-state index in [0.29, 0.717) is 42.6 Å². The van der Waals surface area contributed by atoms with Crippen LogP contribution in [-0.2, 0) is 4.79 Å². The third kappa shape index (κ3) is 6.13. The van der Waals surface area contributed by atoms with E-state index in [2.05, 4.69) is 10.2 Å². The molecule has 1 aliphatic heterocycles. The van der Waals surface area contributed by atoms with Crippen molar-refractivity contribution in [2.24, 2.45) is 0 Å². The van der Waals surface area contributed by atoms with Crippen molar-refractivity contribution in [3.63, 3.8) is 0 Å². The van der Waals surface area contributed by atoms with Gasteiger partial charge in [0.2, 0.25) is 5.91 Å². The predicted molar refractivity (Wildman–Crippen MR) is 147 cm³/mol. The van der Waals surface area contributed by atoms with Gasteiger partial charge in [-0.2, -0.15) is 0 Å². The summed E-state index contributed by atoms with van der Waals surface area (Å²) in [7, 11) is 1.46. The quantitative estimate of drug-likeness (QED) is 0.372. The molecule has 0 aliphatic carbocycles. The van der Waals surface area contributed by atoms with Crippen LogP contribution in [-0.4, -0.2) is 50.0 Å². The monoisotopic (exact) mass is 543 g/mol. The van der Waals surface area contributed by atoms with Crippen LogP contribution in [0, 0.1) is 0 Å². The lowest BCUT2D eigenvalue weighted by atomic mass is 10.1. The van der Waals surface area contributed by atoms with Gasteiger partial charge in [0.25, 0.3) is 5.91 Å². The van der Waals surface area contributed by atoms with E-state index in [0.717, 1.165) is 11.3 Å². The van der Waals surface area contributed by atoms with Gasteiger partial charge in [0.15, 0.2) is 5.75 Å². The zero-order chi connectivity index (χ0) is 25.7. The number of amides is 2. The van der Waals surface area contributed by atoms with Crippen LogP contribution >= 0.6 is 34.8 Å². The fourth-order valence-electron chi connectivity index (χ4n) is 3.97. The molecule has 1 heterocycles. The molecule has 36 heavy (non-hydrogen) atoms. The van der Waals surface area contributed by atoms with Gasteiger partial charge < -0.3 is 19.9 Å². The molecular formula is C27H24Cl3N3O3. The molecule has 9 heteroatoms.